The average molecular weight is 243 g/mol. The van der Waals surface area contributed by atoms with Gasteiger partial charge in [-0.2, -0.15) is 0 Å². The molecule has 18 heavy (non-hydrogen) atoms. The summed E-state index contributed by atoms with van der Waals surface area (Å²) in [5.41, 5.74) is 0.726. The molecule has 0 aliphatic carbocycles. The van der Waals surface area contributed by atoms with E-state index in [4.69, 9.17) is 0 Å². The van der Waals surface area contributed by atoms with E-state index in [0.717, 1.165) is 17.3 Å². The van der Waals surface area contributed by atoms with Gasteiger partial charge in [-0.05, 0) is 6.92 Å². The monoisotopic (exact) mass is 243 g/mol. The van der Waals surface area contributed by atoms with Crippen molar-refractivity contribution in [2.75, 3.05) is 5.32 Å². The Labute approximate surface area is 104 Å². The lowest BCUT2D eigenvalue weighted by atomic mass is 10.5. The maximum Gasteiger partial charge on any atom is 0.203 e. The molecule has 3 aromatic rings. The minimum absolute atomic E-state index is 0.599. The first-order chi connectivity index (χ1) is 8.75. The molecule has 0 unspecified atom stereocenters. The Morgan fingerprint density at radius 1 is 1.17 bits per heavy atom. The largest absolute Gasteiger partial charge is 0.360 e. The van der Waals surface area contributed by atoms with Gasteiger partial charge >= 0.3 is 0 Å². The molecule has 3 aromatic heterocycles. The van der Waals surface area contributed by atoms with E-state index in [9.17, 15) is 0 Å². The second-order valence-corrected chi connectivity index (χ2v) is 4.02. The molecule has 92 valence electrons. The number of imidazole rings is 1. The maximum atomic E-state index is 4.28. The van der Waals surface area contributed by atoms with E-state index in [-0.39, 0.29) is 0 Å². The van der Waals surface area contributed by atoms with Crippen molar-refractivity contribution in [3.05, 3.63) is 36.4 Å². The number of fused-ring (bicyclic) bond motifs is 1. The van der Waals surface area contributed by atoms with Crippen LogP contribution in [0.15, 0.2) is 24.8 Å². The summed E-state index contributed by atoms with van der Waals surface area (Å²) in [6.45, 7) is 2.50. The summed E-state index contributed by atoms with van der Waals surface area (Å²) in [5.74, 6) is 2.49. The highest BCUT2D eigenvalue weighted by atomic mass is 15.3. The fraction of sp³-hybridized carbons (Fsp3) is 0.273. The Bertz CT molecular complexity index is 682. The van der Waals surface area contributed by atoms with E-state index >= 15 is 0 Å². The van der Waals surface area contributed by atoms with Gasteiger partial charge in [-0.3, -0.25) is 4.40 Å². The minimum atomic E-state index is 0.599. The second kappa shape index (κ2) is 4.10. The highest BCUT2D eigenvalue weighted by molar-refractivity contribution is 5.61. The van der Waals surface area contributed by atoms with Crippen LogP contribution in [0.5, 0.6) is 0 Å². The predicted molar refractivity (Wildman–Crippen MR) is 66.1 cm³/mol. The van der Waals surface area contributed by atoms with Crippen LogP contribution in [0.4, 0.5) is 5.82 Å². The lowest BCUT2D eigenvalue weighted by Gasteiger charge is -2.06. The number of rotatable bonds is 3. The van der Waals surface area contributed by atoms with E-state index in [1.54, 1.807) is 12.4 Å². The number of hydrogen-bond donors (Lipinski definition) is 1. The molecular formula is C11H13N7. The lowest BCUT2D eigenvalue weighted by molar-refractivity contribution is 0.810. The predicted octanol–water partition coefficient (Wildman–Crippen LogP) is 0.778. The summed E-state index contributed by atoms with van der Waals surface area (Å²) in [6.07, 6.45) is 7.25. The van der Waals surface area contributed by atoms with Gasteiger partial charge < -0.3 is 9.88 Å². The van der Waals surface area contributed by atoms with Crippen molar-refractivity contribution in [2.45, 2.75) is 13.5 Å². The zero-order valence-corrected chi connectivity index (χ0v) is 10.2. The smallest absolute Gasteiger partial charge is 0.203 e. The third kappa shape index (κ3) is 1.69. The van der Waals surface area contributed by atoms with Crippen LogP contribution < -0.4 is 5.32 Å². The van der Waals surface area contributed by atoms with Gasteiger partial charge in [0.2, 0.25) is 5.65 Å². The molecule has 0 fully saturated rings. The van der Waals surface area contributed by atoms with Crippen LogP contribution in [0.2, 0.25) is 0 Å². The third-order valence-corrected chi connectivity index (χ3v) is 2.83. The Kier molecular flexibility index (Phi) is 2.44. The Morgan fingerprint density at radius 2 is 2.00 bits per heavy atom. The van der Waals surface area contributed by atoms with Gasteiger partial charge in [0.1, 0.15) is 11.6 Å². The zero-order valence-electron chi connectivity index (χ0n) is 10.2. The van der Waals surface area contributed by atoms with Crippen LogP contribution in [-0.4, -0.2) is 29.1 Å². The summed E-state index contributed by atoms with van der Waals surface area (Å²) in [6, 6.07) is 0. The first-order valence-electron chi connectivity index (χ1n) is 5.62. The summed E-state index contributed by atoms with van der Waals surface area (Å²) < 4.78 is 3.86. The molecule has 0 saturated carbocycles. The third-order valence-electron chi connectivity index (χ3n) is 2.83. The van der Waals surface area contributed by atoms with Crippen molar-refractivity contribution in [3.63, 3.8) is 0 Å². The molecule has 0 spiro atoms. The van der Waals surface area contributed by atoms with Crippen LogP contribution in [0.3, 0.4) is 0 Å². The average Bonchev–Trinajstić information content (AvgIpc) is 2.95. The molecule has 0 saturated heterocycles. The van der Waals surface area contributed by atoms with E-state index in [1.807, 2.05) is 35.3 Å². The van der Waals surface area contributed by atoms with E-state index in [0.29, 0.717) is 12.4 Å². The van der Waals surface area contributed by atoms with Crippen LogP contribution >= 0.6 is 0 Å². The van der Waals surface area contributed by atoms with Crippen LogP contribution in [0.1, 0.15) is 11.6 Å². The minimum Gasteiger partial charge on any atom is -0.360 e. The van der Waals surface area contributed by atoms with Crippen molar-refractivity contribution >= 4 is 11.5 Å². The number of nitrogens with one attached hydrogen (secondary N) is 1. The first kappa shape index (κ1) is 10.7. The summed E-state index contributed by atoms with van der Waals surface area (Å²) >= 11 is 0. The zero-order chi connectivity index (χ0) is 12.5. The molecule has 7 nitrogen and oxygen atoms in total. The Hall–Kier alpha value is -2.44. The molecule has 3 rings (SSSR count). The van der Waals surface area contributed by atoms with Gasteiger partial charge in [-0.1, -0.05) is 0 Å². The van der Waals surface area contributed by atoms with Crippen molar-refractivity contribution in [1.29, 1.82) is 0 Å². The Morgan fingerprint density at radius 3 is 2.78 bits per heavy atom. The molecule has 0 atom stereocenters. The highest BCUT2D eigenvalue weighted by Crippen LogP contribution is 2.12. The lowest BCUT2D eigenvalue weighted by Crippen LogP contribution is -2.08. The molecular weight excluding hydrogens is 230 g/mol. The highest BCUT2D eigenvalue weighted by Gasteiger charge is 2.08. The van der Waals surface area contributed by atoms with Gasteiger partial charge in [-0.15, -0.1) is 10.2 Å². The number of aryl methyl sites for hydroxylation is 2. The molecule has 0 aliphatic heterocycles. The van der Waals surface area contributed by atoms with Crippen LogP contribution in [0.25, 0.3) is 5.65 Å². The summed E-state index contributed by atoms with van der Waals surface area (Å²) in [4.78, 5) is 8.52. The van der Waals surface area contributed by atoms with Crippen LogP contribution in [-0.2, 0) is 13.6 Å². The van der Waals surface area contributed by atoms with Gasteiger partial charge in [-0.25, -0.2) is 9.97 Å². The van der Waals surface area contributed by atoms with E-state index in [2.05, 4.69) is 25.5 Å². The van der Waals surface area contributed by atoms with Crippen molar-refractivity contribution in [1.82, 2.24) is 29.1 Å². The summed E-state index contributed by atoms with van der Waals surface area (Å²) in [7, 11) is 1.96. The first-order valence-corrected chi connectivity index (χ1v) is 5.62. The number of nitrogens with zero attached hydrogens (tertiary/aromatic N) is 6. The van der Waals surface area contributed by atoms with Crippen molar-refractivity contribution < 1.29 is 0 Å². The normalized spacial score (nSPS) is 11.0. The molecule has 0 bridgehead atoms. The molecule has 7 heteroatoms. The maximum absolute atomic E-state index is 4.28. The van der Waals surface area contributed by atoms with Gasteiger partial charge in [0.15, 0.2) is 5.82 Å². The standard InChI is InChI=1S/C11H13N7/c1-8-15-16-11-10(13-4-6-18(8)11)14-7-9-12-3-5-17(9)2/h3-6H,7H2,1-2H3,(H,13,14). The fourth-order valence-electron chi connectivity index (χ4n) is 1.80. The summed E-state index contributed by atoms with van der Waals surface area (Å²) in [5, 5.41) is 11.4. The molecule has 0 aliphatic rings. The van der Waals surface area contributed by atoms with Crippen molar-refractivity contribution in [3.8, 4) is 0 Å². The van der Waals surface area contributed by atoms with Crippen LogP contribution in [0, 0.1) is 6.92 Å². The van der Waals surface area contributed by atoms with E-state index in [1.165, 1.54) is 0 Å². The number of anilines is 1. The topological polar surface area (TPSA) is 72.9 Å². The SMILES string of the molecule is Cc1nnc2c(NCc3nccn3C)nccn12. The van der Waals surface area contributed by atoms with E-state index < -0.39 is 0 Å². The molecule has 1 N–H and O–H groups in total. The Balaban J connectivity index is 1.89. The number of aromatic nitrogens is 6. The fourth-order valence-corrected chi connectivity index (χ4v) is 1.80. The molecule has 0 amide bonds. The van der Waals surface area contributed by atoms with Gasteiger partial charge in [0.25, 0.3) is 0 Å². The second-order valence-electron chi connectivity index (χ2n) is 4.02. The van der Waals surface area contributed by atoms with Gasteiger partial charge in [0.05, 0.1) is 6.54 Å². The molecule has 0 radical (unpaired) electrons. The molecule has 0 aromatic carbocycles. The van der Waals surface area contributed by atoms with Gasteiger partial charge in [0, 0.05) is 31.8 Å². The van der Waals surface area contributed by atoms with Crippen molar-refractivity contribution in [2.24, 2.45) is 7.05 Å². The quantitative estimate of drug-likeness (QED) is 0.736. The number of hydrogen-bond acceptors (Lipinski definition) is 5. The molecule has 3 heterocycles.